The van der Waals surface area contributed by atoms with E-state index in [2.05, 4.69) is 15.4 Å². The van der Waals surface area contributed by atoms with Crippen molar-refractivity contribution in [3.8, 4) is 0 Å². The number of nitrogens with one attached hydrogen (secondary N) is 1. The Bertz CT molecular complexity index is 325. The minimum Gasteiger partial charge on any atom is -0.396 e. The average Bonchev–Trinajstić information content (AvgIpc) is 2.87. The molecule has 0 aliphatic carbocycles. The number of nitrogens with zero attached hydrogens (tertiary/aromatic N) is 3. The maximum Gasteiger partial charge on any atom is 0.276 e. The third kappa shape index (κ3) is 2.15. The summed E-state index contributed by atoms with van der Waals surface area (Å²) in [6.45, 7) is 1.65. The number of carbonyl (C=O) groups excluding carboxylic acids is 1. The van der Waals surface area contributed by atoms with Gasteiger partial charge in [0.25, 0.3) is 5.91 Å². The molecule has 1 aliphatic rings. The molecule has 0 radical (unpaired) electrons. The van der Waals surface area contributed by atoms with Crippen LogP contribution in [0.15, 0.2) is 6.20 Å². The first-order chi connectivity index (χ1) is 7.31. The van der Waals surface area contributed by atoms with Gasteiger partial charge in [-0.15, -0.1) is 0 Å². The van der Waals surface area contributed by atoms with Crippen molar-refractivity contribution in [2.45, 2.75) is 12.8 Å². The lowest BCUT2D eigenvalue weighted by molar-refractivity contribution is 0.0779. The predicted molar refractivity (Wildman–Crippen MR) is 52.1 cm³/mol. The first kappa shape index (κ1) is 10.1. The van der Waals surface area contributed by atoms with Gasteiger partial charge in [-0.3, -0.25) is 4.79 Å². The molecule has 1 amide bonds. The quantitative estimate of drug-likeness (QED) is 0.714. The second-order valence-electron chi connectivity index (χ2n) is 3.77. The highest BCUT2D eigenvalue weighted by Gasteiger charge is 2.27. The number of likely N-dealkylation sites (tertiary alicyclic amines) is 1. The summed E-state index contributed by atoms with van der Waals surface area (Å²) in [5.41, 5.74) is 0.361. The molecule has 1 saturated heterocycles. The maximum absolute atomic E-state index is 11.8. The molecule has 2 N–H and O–H groups in total. The Kier molecular flexibility index (Phi) is 2.96. The molecular formula is C9H14N4O2. The summed E-state index contributed by atoms with van der Waals surface area (Å²) >= 11 is 0. The van der Waals surface area contributed by atoms with Crippen molar-refractivity contribution >= 4 is 5.91 Å². The molecule has 0 bridgehead atoms. The van der Waals surface area contributed by atoms with E-state index in [-0.39, 0.29) is 12.5 Å². The number of rotatable bonds is 3. The fraction of sp³-hybridized carbons (Fsp3) is 0.667. The molecule has 1 atom stereocenters. The lowest BCUT2D eigenvalue weighted by atomic mass is 10.1. The van der Waals surface area contributed by atoms with E-state index in [4.69, 9.17) is 5.11 Å². The van der Waals surface area contributed by atoms with E-state index in [1.54, 1.807) is 4.90 Å². The van der Waals surface area contributed by atoms with E-state index in [9.17, 15) is 4.79 Å². The van der Waals surface area contributed by atoms with Crippen molar-refractivity contribution in [3.63, 3.8) is 0 Å². The molecule has 2 heterocycles. The van der Waals surface area contributed by atoms with Gasteiger partial charge in [-0.25, -0.2) is 0 Å². The van der Waals surface area contributed by atoms with Crippen LogP contribution < -0.4 is 0 Å². The molecule has 6 nitrogen and oxygen atoms in total. The van der Waals surface area contributed by atoms with Gasteiger partial charge in [-0.05, 0) is 18.8 Å². The number of aromatic amines is 1. The fourth-order valence-corrected chi connectivity index (χ4v) is 1.90. The molecule has 15 heavy (non-hydrogen) atoms. The molecule has 0 aromatic carbocycles. The second-order valence-corrected chi connectivity index (χ2v) is 3.77. The normalized spacial score (nSPS) is 20.9. The highest BCUT2D eigenvalue weighted by atomic mass is 16.3. The van der Waals surface area contributed by atoms with E-state index in [1.807, 2.05) is 0 Å². The molecule has 1 unspecified atom stereocenters. The monoisotopic (exact) mass is 210 g/mol. The lowest BCUT2D eigenvalue weighted by Crippen LogP contribution is -2.29. The minimum atomic E-state index is -0.0795. The van der Waals surface area contributed by atoms with E-state index in [0.29, 0.717) is 18.2 Å². The van der Waals surface area contributed by atoms with Crippen molar-refractivity contribution in [1.29, 1.82) is 0 Å². The van der Waals surface area contributed by atoms with Crippen LogP contribution in [0.2, 0.25) is 0 Å². The second kappa shape index (κ2) is 4.39. The number of hydrogen-bond donors (Lipinski definition) is 2. The van der Waals surface area contributed by atoms with Gasteiger partial charge in [0.2, 0.25) is 0 Å². The van der Waals surface area contributed by atoms with Gasteiger partial charge in [0.05, 0.1) is 6.20 Å². The van der Waals surface area contributed by atoms with Gasteiger partial charge in [0, 0.05) is 19.7 Å². The number of aliphatic hydroxyl groups is 1. The van der Waals surface area contributed by atoms with Crippen LogP contribution in [0.4, 0.5) is 0 Å². The van der Waals surface area contributed by atoms with Crippen molar-refractivity contribution in [3.05, 3.63) is 11.9 Å². The molecule has 2 rings (SSSR count). The van der Waals surface area contributed by atoms with Gasteiger partial charge < -0.3 is 10.0 Å². The van der Waals surface area contributed by atoms with E-state index < -0.39 is 0 Å². The third-order valence-corrected chi connectivity index (χ3v) is 2.74. The zero-order chi connectivity index (χ0) is 10.7. The lowest BCUT2D eigenvalue weighted by Gasteiger charge is -2.14. The Morgan fingerprint density at radius 2 is 2.60 bits per heavy atom. The smallest absolute Gasteiger partial charge is 0.276 e. The largest absolute Gasteiger partial charge is 0.396 e. The minimum absolute atomic E-state index is 0.0795. The van der Waals surface area contributed by atoms with Crippen molar-refractivity contribution in [1.82, 2.24) is 20.3 Å². The topological polar surface area (TPSA) is 82.1 Å². The maximum atomic E-state index is 11.8. The third-order valence-electron chi connectivity index (χ3n) is 2.74. The predicted octanol–water partition coefficient (Wildman–Crippen LogP) is -0.351. The van der Waals surface area contributed by atoms with Crippen LogP contribution in [0.25, 0.3) is 0 Å². The van der Waals surface area contributed by atoms with Crippen LogP contribution in [-0.4, -0.2) is 51.0 Å². The SMILES string of the molecule is O=C(c1cn[nH]n1)N1CCC(CCO)C1. The van der Waals surface area contributed by atoms with Crippen LogP contribution in [0.3, 0.4) is 0 Å². The summed E-state index contributed by atoms with van der Waals surface area (Å²) in [5.74, 6) is 0.343. The van der Waals surface area contributed by atoms with Crippen LogP contribution in [0, 0.1) is 5.92 Å². The molecule has 1 aromatic heterocycles. The molecule has 6 heteroatoms. The first-order valence-corrected chi connectivity index (χ1v) is 5.07. The fourth-order valence-electron chi connectivity index (χ4n) is 1.90. The molecule has 1 fully saturated rings. The van der Waals surface area contributed by atoms with Crippen molar-refractivity contribution in [2.24, 2.45) is 5.92 Å². The van der Waals surface area contributed by atoms with E-state index >= 15 is 0 Å². The van der Waals surface area contributed by atoms with Crippen molar-refractivity contribution in [2.75, 3.05) is 19.7 Å². The average molecular weight is 210 g/mol. The number of aromatic nitrogens is 3. The number of aliphatic hydroxyl groups excluding tert-OH is 1. The van der Waals surface area contributed by atoms with E-state index in [0.717, 1.165) is 19.4 Å². The molecular weight excluding hydrogens is 196 g/mol. The Labute approximate surface area is 87.3 Å². The van der Waals surface area contributed by atoms with E-state index in [1.165, 1.54) is 6.20 Å². The first-order valence-electron chi connectivity index (χ1n) is 5.07. The van der Waals surface area contributed by atoms with Gasteiger partial charge in [0.1, 0.15) is 0 Å². The summed E-state index contributed by atoms with van der Waals surface area (Å²) in [4.78, 5) is 13.6. The van der Waals surface area contributed by atoms with Gasteiger partial charge in [-0.1, -0.05) is 0 Å². The summed E-state index contributed by atoms with van der Waals surface area (Å²) in [7, 11) is 0. The Hall–Kier alpha value is -1.43. The van der Waals surface area contributed by atoms with Crippen LogP contribution >= 0.6 is 0 Å². The Balaban J connectivity index is 1.93. The standard InChI is InChI=1S/C9H14N4O2/c14-4-2-7-1-3-13(6-7)9(15)8-5-10-12-11-8/h5,7,14H,1-4,6H2,(H,10,11,12). The van der Waals surface area contributed by atoms with Crippen LogP contribution in [0.1, 0.15) is 23.3 Å². The summed E-state index contributed by atoms with van der Waals surface area (Å²) in [5, 5.41) is 18.6. The number of hydrogen-bond acceptors (Lipinski definition) is 4. The Morgan fingerprint density at radius 1 is 1.73 bits per heavy atom. The van der Waals surface area contributed by atoms with Crippen LogP contribution in [0.5, 0.6) is 0 Å². The highest BCUT2D eigenvalue weighted by Crippen LogP contribution is 2.20. The van der Waals surface area contributed by atoms with Gasteiger partial charge in [0.15, 0.2) is 5.69 Å². The van der Waals surface area contributed by atoms with Crippen LogP contribution in [-0.2, 0) is 0 Å². The number of amides is 1. The molecule has 1 aliphatic heterocycles. The Morgan fingerprint density at radius 3 is 3.27 bits per heavy atom. The summed E-state index contributed by atoms with van der Waals surface area (Å²) in [6.07, 6.45) is 3.16. The van der Waals surface area contributed by atoms with Gasteiger partial charge in [-0.2, -0.15) is 15.4 Å². The number of H-pyrrole nitrogens is 1. The van der Waals surface area contributed by atoms with Gasteiger partial charge >= 0.3 is 0 Å². The zero-order valence-corrected chi connectivity index (χ0v) is 8.39. The summed E-state index contributed by atoms with van der Waals surface area (Å²) < 4.78 is 0. The molecule has 82 valence electrons. The highest BCUT2D eigenvalue weighted by molar-refractivity contribution is 5.92. The van der Waals surface area contributed by atoms with Crippen molar-refractivity contribution < 1.29 is 9.90 Å². The summed E-state index contributed by atoms with van der Waals surface area (Å²) in [6, 6.07) is 0. The molecule has 0 spiro atoms. The zero-order valence-electron chi connectivity index (χ0n) is 8.39. The molecule has 0 saturated carbocycles. The molecule has 1 aromatic rings. The number of carbonyl (C=O) groups is 1.